The molecule has 1 aromatic carbocycles. The second-order valence-corrected chi connectivity index (χ2v) is 6.03. The summed E-state index contributed by atoms with van der Waals surface area (Å²) in [4.78, 5) is 35.4. The molecule has 1 amide bonds. The molecule has 1 aliphatic heterocycles. The van der Waals surface area contributed by atoms with Gasteiger partial charge in [0, 0.05) is 29.9 Å². The normalized spacial score (nSPS) is 16.0. The molecular formula is C19H18N2O4. The van der Waals surface area contributed by atoms with Gasteiger partial charge in [-0.1, -0.05) is 13.0 Å². The number of nitrogens with zero attached hydrogens (tertiary/aromatic N) is 1. The minimum Gasteiger partial charge on any atom is -0.477 e. The summed E-state index contributed by atoms with van der Waals surface area (Å²) in [7, 11) is 1.70. The van der Waals surface area contributed by atoms with E-state index in [1.165, 1.54) is 6.20 Å². The Morgan fingerprint density at radius 2 is 2.04 bits per heavy atom. The number of carboxylic acids is 1. The molecule has 0 radical (unpaired) electrons. The van der Waals surface area contributed by atoms with Crippen LogP contribution in [0.2, 0.25) is 0 Å². The highest BCUT2D eigenvalue weighted by molar-refractivity contribution is 6.01. The van der Waals surface area contributed by atoms with E-state index in [-0.39, 0.29) is 11.5 Å². The molecule has 2 aromatic rings. The van der Waals surface area contributed by atoms with E-state index < -0.39 is 11.4 Å². The number of benzene rings is 1. The third-order valence-corrected chi connectivity index (χ3v) is 4.49. The van der Waals surface area contributed by atoms with Gasteiger partial charge in [-0.25, -0.2) is 4.79 Å². The van der Waals surface area contributed by atoms with E-state index >= 15 is 0 Å². The summed E-state index contributed by atoms with van der Waals surface area (Å²) in [6.45, 7) is 3.84. The maximum atomic E-state index is 12.3. The number of hydrogen-bond donors (Lipinski definition) is 2. The summed E-state index contributed by atoms with van der Waals surface area (Å²) in [6.07, 6.45) is 3.84. The molecule has 0 bridgehead atoms. The Labute approximate surface area is 144 Å². The minimum absolute atomic E-state index is 0.0782. The van der Waals surface area contributed by atoms with Crippen LogP contribution in [0.15, 0.2) is 46.0 Å². The van der Waals surface area contributed by atoms with Gasteiger partial charge >= 0.3 is 5.97 Å². The third-order valence-electron chi connectivity index (χ3n) is 4.49. The van der Waals surface area contributed by atoms with Gasteiger partial charge in [0.25, 0.3) is 5.91 Å². The lowest BCUT2D eigenvalue weighted by atomic mass is 10.0. The zero-order valence-electron chi connectivity index (χ0n) is 14.2. The number of carboxylic acid groups (broad SMARTS) is 1. The van der Waals surface area contributed by atoms with Crippen LogP contribution in [0.5, 0.6) is 0 Å². The van der Waals surface area contributed by atoms with Gasteiger partial charge < -0.3 is 15.0 Å². The van der Waals surface area contributed by atoms with Gasteiger partial charge in [-0.3, -0.25) is 9.59 Å². The van der Waals surface area contributed by atoms with Crippen LogP contribution in [0.4, 0.5) is 0 Å². The Bertz CT molecular complexity index is 1040. The average Bonchev–Trinajstić information content (AvgIpc) is 2.83. The van der Waals surface area contributed by atoms with Gasteiger partial charge in [0.2, 0.25) is 5.43 Å². The molecule has 0 aliphatic carbocycles. The van der Waals surface area contributed by atoms with Crippen molar-refractivity contribution in [2.75, 3.05) is 0 Å². The Morgan fingerprint density at radius 3 is 2.64 bits per heavy atom. The first-order chi connectivity index (χ1) is 11.8. The molecule has 0 unspecified atom stereocenters. The molecule has 128 valence electrons. The molecule has 25 heavy (non-hydrogen) atoms. The standard InChI is InChI=1S/C19H18N2O4/c1-4-12-10(2)15(20-18(12)23)7-11-5-6-13-16(8-11)21(3)9-14(17(13)22)19(24)25/h5-9H,4H2,1-3H3,(H,20,23)(H,24,25)/b15-7-. The van der Waals surface area contributed by atoms with E-state index in [9.17, 15) is 14.4 Å². The van der Waals surface area contributed by atoms with Crippen molar-refractivity contribution in [2.24, 2.45) is 7.05 Å². The molecule has 0 saturated carbocycles. The molecule has 0 spiro atoms. The van der Waals surface area contributed by atoms with E-state index in [4.69, 9.17) is 5.11 Å². The Hall–Kier alpha value is -3.15. The molecule has 0 saturated heterocycles. The maximum Gasteiger partial charge on any atom is 0.341 e. The second kappa shape index (κ2) is 6.05. The molecular weight excluding hydrogens is 320 g/mol. The van der Waals surface area contributed by atoms with Gasteiger partial charge in [-0.2, -0.15) is 0 Å². The molecule has 6 heteroatoms. The van der Waals surface area contributed by atoms with Crippen LogP contribution in [0.1, 0.15) is 36.2 Å². The summed E-state index contributed by atoms with van der Waals surface area (Å²) in [5, 5.41) is 12.3. The van der Waals surface area contributed by atoms with E-state index in [1.54, 1.807) is 29.8 Å². The quantitative estimate of drug-likeness (QED) is 0.900. The number of nitrogens with one attached hydrogen (secondary N) is 1. The third kappa shape index (κ3) is 2.76. The van der Waals surface area contributed by atoms with E-state index in [2.05, 4.69) is 5.32 Å². The monoisotopic (exact) mass is 338 g/mol. The van der Waals surface area contributed by atoms with E-state index in [1.807, 2.05) is 19.9 Å². The number of carbonyl (C=O) groups is 2. The van der Waals surface area contributed by atoms with Crippen LogP contribution in [-0.4, -0.2) is 21.6 Å². The fourth-order valence-corrected chi connectivity index (χ4v) is 3.10. The number of aryl methyl sites for hydroxylation is 1. The van der Waals surface area contributed by atoms with Crippen molar-refractivity contribution in [3.8, 4) is 0 Å². The first kappa shape index (κ1) is 16.7. The Morgan fingerprint density at radius 1 is 1.32 bits per heavy atom. The van der Waals surface area contributed by atoms with Gasteiger partial charge in [0.15, 0.2) is 0 Å². The number of pyridine rings is 1. The molecule has 2 heterocycles. The Balaban J connectivity index is 2.14. The number of carbonyl (C=O) groups excluding carboxylic acids is 1. The highest BCUT2D eigenvalue weighted by Crippen LogP contribution is 2.25. The van der Waals surface area contributed by atoms with Crippen LogP contribution in [0.3, 0.4) is 0 Å². The SMILES string of the molecule is CCC1=C(C)/C(=C/c2ccc3c(=O)c(C(=O)O)cn(C)c3c2)NC1=O. The van der Waals surface area contributed by atoms with Crippen LogP contribution < -0.4 is 10.7 Å². The zero-order valence-corrected chi connectivity index (χ0v) is 14.2. The van der Waals surface area contributed by atoms with Gasteiger partial charge in [-0.15, -0.1) is 0 Å². The predicted molar refractivity (Wildman–Crippen MR) is 95.3 cm³/mol. The number of aromatic nitrogens is 1. The number of hydrogen-bond acceptors (Lipinski definition) is 3. The largest absolute Gasteiger partial charge is 0.477 e. The maximum absolute atomic E-state index is 12.3. The number of rotatable bonds is 3. The topological polar surface area (TPSA) is 88.4 Å². The first-order valence-corrected chi connectivity index (χ1v) is 7.93. The summed E-state index contributed by atoms with van der Waals surface area (Å²) in [6, 6.07) is 5.16. The highest BCUT2D eigenvalue weighted by atomic mass is 16.4. The number of allylic oxidation sites excluding steroid dienone is 1. The molecule has 6 nitrogen and oxygen atoms in total. The molecule has 3 rings (SSSR count). The van der Waals surface area contributed by atoms with Crippen LogP contribution in [-0.2, 0) is 11.8 Å². The van der Waals surface area contributed by atoms with Crippen LogP contribution in [0.25, 0.3) is 17.0 Å². The van der Waals surface area contributed by atoms with E-state index in [0.29, 0.717) is 17.3 Å². The van der Waals surface area contributed by atoms with Crippen molar-refractivity contribution in [2.45, 2.75) is 20.3 Å². The van der Waals surface area contributed by atoms with Crippen molar-refractivity contribution < 1.29 is 14.7 Å². The minimum atomic E-state index is -1.24. The van der Waals surface area contributed by atoms with Gasteiger partial charge in [-0.05, 0) is 42.7 Å². The molecule has 2 N–H and O–H groups in total. The summed E-state index contributed by atoms with van der Waals surface area (Å²) < 4.78 is 1.62. The summed E-state index contributed by atoms with van der Waals surface area (Å²) in [5.41, 5.74) is 3.12. The van der Waals surface area contributed by atoms with Crippen LogP contribution in [0, 0.1) is 0 Å². The first-order valence-electron chi connectivity index (χ1n) is 7.93. The van der Waals surface area contributed by atoms with Crippen molar-refractivity contribution in [3.05, 3.63) is 62.6 Å². The molecule has 1 aliphatic rings. The average molecular weight is 338 g/mol. The summed E-state index contributed by atoms with van der Waals surface area (Å²) in [5.74, 6) is -1.32. The lowest BCUT2D eigenvalue weighted by molar-refractivity contribution is -0.116. The Kier molecular flexibility index (Phi) is 4.04. The lowest BCUT2D eigenvalue weighted by Gasteiger charge is -2.08. The van der Waals surface area contributed by atoms with Crippen LogP contribution >= 0.6 is 0 Å². The number of amides is 1. The molecule has 0 atom stereocenters. The fraction of sp³-hybridized carbons (Fsp3) is 0.211. The van der Waals surface area contributed by atoms with Gasteiger partial charge in [0.05, 0.1) is 5.52 Å². The fourth-order valence-electron chi connectivity index (χ4n) is 3.10. The van der Waals surface area contributed by atoms with Crippen molar-refractivity contribution >= 4 is 28.9 Å². The summed E-state index contributed by atoms with van der Waals surface area (Å²) >= 11 is 0. The molecule has 0 fully saturated rings. The second-order valence-electron chi connectivity index (χ2n) is 6.03. The predicted octanol–water partition coefficient (Wildman–Crippen LogP) is 2.43. The van der Waals surface area contributed by atoms with Gasteiger partial charge in [0.1, 0.15) is 5.56 Å². The van der Waals surface area contributed by atoms with Crippen molar-refractivity contribution in [3.63, 3.8) is 0 Å². The number of aromatic carboxylic acids is 1. The highest BCUT2D eigenvalue weighted by Gasteiger charge is 2.22. The van der Waals surface area contributed by atoms with E-state index in [0.717, 1.165) is 22.4 Å². The van der Waals surface area contributed by atoms with Crippen molar-refractivity contribution in [1.82, 2.24) is 9.88 Å². The molecule has 1 aromatic heterocycles. The zero-order chi connectivity index (χ0) is 18.3. The number of fused-ring (bicyclic) bond motifs is 1. The van der Waals surface area contributed by atoms with Crippen molar-refractivity contribution in [1.29, 1.82) is 0 Å². The lowest BCUT2D eigenvalue weighted by Crippen LogP contribution is -2.18. The smallest absolute Gasteiger partial charge is 0.341 e.